The summed E-state index contributed by atoms with van der Waals surface area (Å²) in [5.41, 5.74) is 1.01. The van der Waals surface area contributed by atoms with Gasteiger partial charge in [-0.2, -0.15) is 0 Å². The summed E-state index contributed by atoms with van der Waals surface area (Å²) in [5.74, 6) is 0.923. The number of likely N-dealkylation sites (tertiary alicyclic amines) is 1. The molecule has 3 rings (SSSR count). The van der Waals surface area contributed by atoms with Crippen molar-refractivity contribution in [2.24, 2.45) is 0 Å². The number of hydrogen-bond acceptors (Lipinski definition) is 3. The minimum absolute atomic E-state index is 0.106. The monoisotopic (exact) mass is 331 g/mol. The lowest BCUT2D eigenvalue weighted by Crippen LogP contribution is -3.11. The highest BCUT2D eigenvalue weighted by molar-refractivity contribution is 7.10. The van der Waals surface area contributed by atoms with Crippen LogP contribution >= 0.6 is 11.3 Å². The van der Waals surface area contributed by atoms with Gasteiger partial charge < -0.3 is 15.0 Å². The quantitative estimate of drug-likeness (QED) is 0.847. The zero-order valence-electron chi connectivity index (χ0n) is 13.4. The summed E-state index contributed by atoms with van der Waals surface area (Å²) < 4.78 is 5.32. The second-order valence-electron chi connectivity index (χ2n) is 5.88. The Morgan fingerprint density at radius 1 is 1.35 bits per heavy atom. The van der Waals surface area contributed by atoms with E-state index in [4.69, 9.17) is 4.74 Å². The number of nitrogens with one attached hydrogen (secondary N) is 2. The lowest BCUT2D eigenvalue weighted by atomic mass is 10.2. The van der Waals surface area contributed by atoms with Crippen LogP contribution in [-0.4, -0.2) is 26.1 Å². The molecule has 2 atom stereocenters. The van der Waals surface area contributed by atoms with Crippen LogP contribution in [0, 0.1) is 0 Å². The molecule has 2 heterocycles. The molecule has 1 fully saturated rings. The van der Waals surface area contributed by atoms with E-state index in [1.54, 1.807) is 18.4 Å². The molecule has 1 aliphatic heterocycles. The highest BCUT2D eigenvalue weighted by Gasteiger charge is 2.32. The Balaban J connectivity index is 1.55. The second-order valence-corrected chi connectivity index (χ2v) is 6.86. The van der Waals surface area contributed by atoms with Gasteiger partial charge >= 0.3 is 0 Å². The average molecular weight is 331 g/mol. The molecular weight excluding hydrogens is 308 g/mol. The van der Waals surface area contributed by atoms with Crippen molar-refractivity contribution in [3.8, 4) is 5.75 Å². The number of benzene rings is 1. The van der Waals surface area contributed by atoms with Crippen LogP contribution in [0.5, 0.6) is 5.75 Å². The molecule has 122 valence electrons. The SMILES string of the molecule is COc1ccccc1CNC(=O)C[NH+]1CCC[C@@H]1c1cccs1. The molecule has 2 aromatic rings. The first kappa shape index (κ1) is 16.0. The largest absolute Gasteiger partial charge is 0.496 e. The molecule has 0 spiro atoms. The van der Waals surface area contributed by atoms with Gasteiger partial charge in [-0.3, -0.25) is 4.79 Å². The molecule has 23 heavy (non-hydrogen) atoms. The van der Waals surface area contributed by atoms with E-state index in [0.717, 1.165) is 17.9 Å². The van der Waals surface area contributed by atoms with Crippen molar-refractivity contribution in [3.63, 3.8) is 0 Å². The summed E-state index contributed by atoms with van der Waals surface area (Å²) >= 11 is 1.80. The molecule has 1 amide bonds. The van der Waals surface area contributed by atoms with E-state index in [1.807, 2.05) is 24.3 Å². The first-order chi connectivity index (χ1) is 11.3. The highest BCUT2D eigenvalue weighted by Crippen LogP contribution is 2.23. The Labute approximate surface area is 141 Å². The van der Waals surface area contributed by atoms with Gasteiger partial charge in [-0.1, -0.05) is 24.3 Å². The molecule has 0 bridgehead atoms. The van der Waals surface area contributed by atoms with E-state index in [1.165, 1.54) is 22.6 Å². The third kappa shape index (κ3) is 3.92. The lowest BCUT2D eigenvalue weighted by molar-refractivity contribution is -0.910. The minimum atomic E-state index is 0.106. The average Bonchev–Trinajstić information content (AvgIpc) is 3.24. The number of thiophene rings is 1. The maximum Gasteiger partial charge on any atom is 0.275 e. The van der Waals surface area contributed by atoms with Crippen molar-refractivity contribution in [1.29, 1.82) is 0 Å². The number of quaternary nitrogens is 1. The molecule has 1 aromatic carbocycles. The van der Waals surface area contributed by atoms with E-state index in [-0.39, 0.29) is 5.91 Å². The van der Waals surface area contributed by atoms with Crippen molar-refractivity contribution in [2.75, 3.05) is 20.2 Å². The fourth-order valence-electron chi connectivity index (χ4n) is 3.27. The number of carbonyl (C=O) groups is 1. The third-order valence-corrected chi connectivity index (χ3v) is 5.41. The van der Waals surface area contributed by atoms with Crippen molar-refractivity contribution in [1.82, 2.24) is 5.32 Å². The standard InChI is InChI=1S/C18H22N2O2S/c1-22-16-8-3-2-6-14(16)12-19-18(21)13-20-10-4-7-15(20)17-9-5-11-23-17/h2-3,5-6,8-9,11,15H,4,7,10,12-13H2,1H3,(H,19,21)/p+1/t15-/m1/s1. The molecule has 4 nitrogen and oxygen atoms in total. The highest BCUT2D eigenvalue weighted by atomic mass is 32.1. The predicted octanol–water partition coefficient (Wildman–Crippen LogP) is 1.79. The molecule has 0 aliphatic carbocycles. The Bertz CT molecular complexity index is 642. The van der Waals surface area contributed by atoms with Crippen molar-refractivity contribution in [3.05, 3.63) is 52.2 Å². The Kier molecular flexibility index (Phi) is 5.31. The van der Waals surface area contributed by atoms with Crippen LogP contribution in [0.1, 0.15) is 29.3 Å². The zero-order valence-corrected chi connectivity index (χ0v) is 14.2. The number of hydrogen-bond donors (Lipinski definition) is 2. The fraction of sp³-hybridized carbons (Fsp3) is 0.389. The van der Waals surface area contributed by atoms with Crippen LogP contribution in [0.15, 0.2) is 41.8 Å². The van der Waals surface area contributed by atoms with E-state index >= 15 is 0 Å². The van der Waals surface area contributed by atoms with Gasteiger partial charge in [0.05, 0.1) is 18.5 Å². The normalized spacial score (nSPS) is 20.4. The zero-order chi connectivity index (χ0) is 16.1. The molecule has 2 N–H and O–H groups in total. The molecule has 1 aliphatic rings. The first-order valence-electron chi connectivity index (χ1n) is 8.04. The number of amides is 1. The molecule has 5 heteroatoms. The summed E-state index contributed by atoms with van der Waals surface area (Å²) in [4.78, 5) is 15.1. The maximum absolute atomic E-state index is 12.3. The van der Waals surface area contributed by atoms with Gasteiger partial charge in [-0.25, -0.2) is 0 Å². The Morgan fingerprint density at radius 2 is 2.22 bits per heavy atom. The van der Waals surface area contributed by atoms with Gasteiger partial charge in [-0.05, 0) is 17.5 Å². The third-order valence-electron chi connectivity index (χ3n) is 4.43. The number of carbonyl (C=O) groups excluding carboxylic acids is 1. The molecule has 0 saturated carbocycles. The van der Waals surface area contributed by atoms with Crippen LogP contribution < -0.4 is 15.0 Å². The number of methoxy groups -OCH3 is 1. The van der Waals surface area contributed by atoms with Crippen LogP contribution in [0.3, 0.4) is 0 Å². The number of para-hydroxylation sites is 1. The van der Waals surface area contributed by atoms with Crippen LogP contribution in [0.2, 0.25) is 0 Å². The molecule has 1 saturated heterocycles. The molecule has 1 aromatic heterocycles. The Morgan fingerprint density at radius 3 is 3.00 bits per heavy atom. The van der Waals surface area contributed by atoms with Crippen LogP contribution in [0.25, 0.3) is 0 Å². The van der Waals surface area contributed by atoms with Gasteiger partial charge in [0.15, 0.2) is 6.54 Å². The number of rotatable bonds is 6. The van der Waals surface area contributed by atoms with Crippen molar-refractivity contribution >= 4 is 17.2 Å². The van der Waals surface area contributed by atoms with Gasteiger partial charge in [0.2, 0.25) is 0 Å². The van der Waals surface area contributed by atoms with E-state index in [2.05, 4.69) is 22.8 Å². The topological polar surface area (TPSA) is 42.8 Å². The van der Waals surface area contributed by atoms with Gasteiger partial charge in [0, 0.05) is 24.9 Å². The van der Waals surface area contributed by atoms with Gasteiger partial charge in [-0.15, -0.1) is 11.3 Å². The van der Waals surface area contributed by atoms with Crippen LogP contribution in [-0.2, 0) is 11.3 Å². The Hall–Kier alpha value is -1.85. The smallest absolute Gasteiger partial charge is 0.275 e. The maximum atomic E-state index is 12.3. The van der Waals surface area contributed by atoms with Crippen molar-refractivity contribution in [2.45, 2.75) is 25.4 Å². The van der Waals surface area contributed by atoms with Crippen molar-refractivity contribution < 1.29 is 14.4 Å². The molecule has 0 radical (unpaired) electrons. The van der Waals surface area contributed by atoms with Gasteiger partial charge in [0.25, 0.3) is 5.91 Å². The second kappa shape index (κ2) is 7.62. The summed E-state index contributed by atoms with van der Waals surface area (Å²) in [6.07, 6.45) is 2.37. The predicted molar refractivity (Wildman–Crippen MR) is 91.8 cm³/mol. The fourth-order valence-corrected chi connectivity index (χ4v) is 4.19. The summed E-state index contributed by atoms with van der Waals surface area (Å²) in [5, 5.41) is 5.15. The van der Waals surface area contributed by atoms with E-state index < -0.39 is 0 Å². The van der Waals surface area contributed by atoms with E-state index in [0.29, 0.717) is 19.1 Å². The summed E-state index contributed by atoms with van der Waals surface area (Å²) in [7, 11) is 1.65. The molecular formula is C18H23N2O2S+. The number of ether oxygens (including phenoxy) is 1. The minimum Gasteiger partial charge on any atom is -0.496 e. The first-order valence-corrected chi connectivity index (χ1v) is 8.92. The van der Waals surface area contributed by atoms with E-state index in [9.17, 15) is 4.79 Å². The van der Waals surface area contributed by atoms with Gasteiger partial charge in [0.1, 0.15) is 11.8 Å². The summed E-state index contributed by atoms with van der Waals surface area (Å²) in [6, 6.07) is 12.6. The summed E-state index contributed by atoms with van der Waals surface area (Å²) in [6.45, 7) is 2.13. The molecule has 1 unspecified atom stereocenters. The lowest BCUT2D eigenvalue weighted by Gasteiger charge is -2.20. The van der Waals surface area contributed by atoms with Crippen LogP contribution in [0.4, 0.5) is 0 Å².